The maximum Gasteiger partial charge on any atom is 0.266 e. The molecule has 0 bridgehead atoms. The van der Waals surface area contributed by atoms with Gasteiger partial charge < -0.3 is 5.32 Å². The molecule has 2 aromatic rings. The van der Waals surface area contributed by atoms with Crippen molar-refractivity contribution >= 4 is 29.1 Å². The molecule has 1 aliphatic rings. The molecule has 0 aliphatic carbocycles. The number of amides is 3. The molecule has 3 amide bonds. The zero-order chi connectivity index (χ0) is 17.5. The van der Waals surface area contributed by atoms with Crippen LogP contribution in [-0.4, -0.2) is 17.7 Å². The molecule has 122 valence electrons. The Morgan fingerprint density at radius 1 is 0.875 bits per heavy atom. The largest absolute Gasteiger partial charge is 0.326 e. The van der Waals surface area contributed by atoms with Crippen molar-refractivity contribution in [1.82, 2.24) is 0 Å². The van der Waals surface area contributed by atoms with Crippen molar-refractivity contribution in [2.75, 3.05) is 10.2 Å². The summed E-state index contributed by atoms with van der Waals surface area (Å²) < 4.78 is 0. The molecular weight excluding hydrogens is 304 g/mol. The summed E-state index contributed by atoms with van der Waals surface area (Å²) in [5.41, 5.74) is 1.42. The fraction of sp³-hybridized carbons (Fsp3) is 0.211. The number of nitrogens with one attached hydrogen (secondary N) is 1. The standard InChI is InChI=1S/C19H18N2O3/c1-19(2,3)18(24)20-12-8-10-13(11-9-12)21-16(22)14-6-4-5-7-15(14)17(21)23/h4-11H,1-3H3,(H,20,24). The lowest BCUT2D eigenvalue weighted by Gasteiger charge is -2.18. The Morgan fingerprint density at radius 2 is 1.38 bits per heavy atom. The molecule has 0 atom stereocenters. The van der Waals surface area contributed by atoms with Gasteiger partial charge in [-0.15, -0.1) is 0 Å². The monoisotopic (exact) mass is 322 g/mol. The number of carbonyl (C=O) groups excluding carboxylic acids is 3. The summed E-state index contributed by atoms with van der Waals surface area (Å²) in [7, 11) is 0. The van der Waals surface area contributed by atoms with E-state index in [1.807, 2.05) is 20.8 Å². The van der Waals surface area contributed by atoms with Crippen LogP contribution in [-0.2, 0) is 4.79 Å². The molecule has 0 fully saturated rings. The molecule has 1 aliphatic heterocycles. The molecule has 0 unspecified atom stereocenters. The average Bonchev–Trinajstić information content (AvgIpc) is 2.79. The minimum Gasteiger partial charge on any atom is -0.326 e. The Hall–Kier alpha value is -2.95. The van der Waals surface area contributed by atoms with E-state index in [0.717, 1.165) is 4.90 Å². The highest BCUT2D eigenvalue weighted by molar-refractivity contribution is 6.34. The Morgan fingerprint density at radius 3 is 1.83 bits per heavy atom. The molecule has 24 heavy (non-hydrogen) atoms. The van der Waals surface area contributed by atoms with Crippen LogP contribution in [0.1, 0.15) is 41.5 Å². The second-order valence-electron chi connectivity index (χ2n) is 6.74. The van der Waals surface area contributed by atoms with E-state index in [0.29, 0.717) is 22.5 Å². The number of imide groups is 1. The van der Waals surface area contributed by atoms with Crippen molar-refractivity contribution in [1.29, 1.82) is 0 Å². The quantitative estimate of drug-likeness (QED) is 0.861. The maximum atomic E-state index is 12.4. The van der Waals surface area contributed by atoms with Crippen LogP contribution in [0.25, 0.3) is 0 Å². The molecule has 0 radical (unpaired) electrons. The summed E-state index contributed by atoms with van der Waals surface area (Å²) >= 11 is 0. The van der Waals surface area contributed by atoms with E-state index in [1.165, 1.54) is 0 Å². The lowest BCUT2D eigenvalue weighted by atomic mass is 9.95. The number of benzene rings is 2. The van der Waals surface area contributed by atoms with E-state index in [2.05, 4.69) is 5.32 Å². The number of anilines is 2. The Balaban J connectivity index is 1.84. The molecule has 0 saturated carbocycles. The number of hydrogen-bond acceptors (Lipinski definition) is 3. The zero-order valence-electron chi connectivity index (χ0n) is 13.8. The molecule has 5 nitrogen and oxygen atoms in total. The lowest BCUT2D eigenvalue weighted by molar-refractivity contribution is -0.123. The van der Waals surface area contributed by atoms with Gasteiger partial charge in [-0.25, -0.2) is 4.90 Å². The van der Waals surface area contributed by atoms with Crippen molar-refractivity contribution in [3.8, 4) is 0 Å². The highest BCUT2D eigenvalue weighted by Gasteiger charge is 2.36. The van der Waals surface area contributed by atoms with Crippen LogP contribution in [0.2, 0.25) is 0 Å². The van der Waals surface area contributed by atoms with Crippen LogP contribution in [0, 0.1) is 5.41 Å². The van der Waals surface area contributed by atoms with E-state index >= 15 is 0 Å². The van der Waals surface area contributed by atoms with Crippen molar-refractivity contribution in [2.45, 2.75) is 20.8 Å². The number of hydrogen-bond donors (Lipinski definition) is 1. The third-order valence-corrected chi connectivity index (χ3v) is 3.86. The molecule has 1 heterocycles. The number of rotatable bonds is 2. The highest BCUT2D eigenvalue weighted by Crippen LogP contribution is 2.29. The number of fused-ring (bicyclic) bond motifs is 1. The molecule has 2 aromatic carbocycles. The molecule has 0 aromatic heterocycles. The second-order valence-corrected chi connectivity index (χ2v) is 6.74. The number of nitrogens with zero attached hydrogens (tertiary/aromatic N) is 1. The van der Waals surface area contributed by atoms with Gasteiger partial charge in [0, 0.05) is 11.1 Å². The summed E-state index contributed by atoms with van der Waals surface area (Å²) in [5.74, 6) is -0.764. The Bertz CT molecular complexity index is 797. The van der Waals surface area contributed by atoms with E-state index in [4.69, 9.17) is 0 Å². The SMILES string of the molecule is CC(C)(C)C(=O)Nc1ccc(N2C(=O)c3ccccc3C2=O)cc1. The van der Waals surface area contributed by atoms with Gasteiger partial charge in [-0.3, -0.25) is 14.4 Å². The van der Waals surface area contributed by atoms with E-state index in [-0.39, 0.29) is 17.7 Å². The maximum absolute atomic E-state index is 12.4. The molecular formula is C19H18N2O3. The molecule has 0 spiro atoms. The molecule has 3 rings (SSSR count). The van der Waals surface area contributed by atoms with Crippen LogP contribution in [0.15, 0.2) is 48.5 Å². The Labute approximate surface area is 140 Å². The van der Waals surface area contributed by atoms with Gasteiger partial charge in [0.25, 0.3) is 11.8 Å². The summed E-state index contributed by atoms with van der Waals surface area (Å²) in [5, 5.41) is 2.81. The fourth-order valence-corrected chi connectivity index (χ4v) is 2.44. The predicted molar refractivity (Wildman–Crippen MR) is 92.1 cm³/mol. The van der Waals surface area contributed by atoms with Crippen LogP contribution in [0.5, 0.6) is 0 Å². The first kappa shape index (κ1) is 15.9. The minimum absolute atomic E-state index is 0.101. The first-order chi connectivity index (χ1) is 11.3. The van der Waals surface area contributed by atoms with Gasteiger partial charge in [-0.1, -0.05) is 32.9 Å². The summed E-state index contributed by atoms with van der Waals surface area (Å²) in [4.78, 5) is 38.0. The van der Waals surface area contributed by atoms with Crippen molar-refractivity contribution in [2.24, 2.45) is 5.41 Å². The zero-order valence-corrected chi connectivity index (χ0v) is 13.8. The summed E-state index contributed by atoms with van der Waals surface area (Å²) in [6.45, 7) is 5.49. The minimum atomic E-state index is -0.499. The van der Waals surface area contributed by atoms with E-state index in [9.17, 15) is 14.4 Å². The van der Waals surface area contributed by atoms with Crippen molar-refractivity contribution in [3.63, 3.8) is 0 Å². The second kappa shape index (κ2) is 5.60. The normalized spacial score (nSPS) is 13.9. The van der Waals surface area contributed by atoms with E-state index in [1.54, 1.807) is 48.5 Å². The smallest absolute Gasteiger partial charge is 0.266 e. The summed E-state index contributed by atoms with van der Waals surface area (Å²) in [6, 6.07) is 13.4. The van der Waals surface area contributed by atoms with Crippen LogP contribution >= 0.6 is 0 Å². The topological polar surface area (TPSA) is 66.5 Å². The Kier molecular flexibility index (Phi) is 3.72. The van der Waals surface area contributed by atoms with Gasteiger partial charge in [0.1, 0.15) is 0 Å². The number of carbonyl (C=O) groups is 3. The molecule has 0 saturated heterocycles. The van der Waals surface area contributed by atoms with Crippen molar-refractivity contribution in [3.05, 3.63) is 59.7 Å². The van der Waals surface area contributed by atoms with Crippen molar-refractivity contribution < 1.29 is 14.4 Å². The van der Waals surface area contributed by atoms with Crippen LogP contribution < -0.4 is 10.2 Å². The van der Waals surface area contributed by atoms with Gasteiger partial charge in [-0.2, -0.15) is 0 Å². The van der Waals surface area contributed by atoms with Gasteiger partial charge in [-0.05, 0) is 36.4 Å². The summed E-state index contributed by atoms with van der Waals surface area (Å²) in [6.07, 6.45) is 0. The first-order valence-corrected chi connectivity index (χ1v) is 7.68. The fourth-order valence-electron chi connectivity index (χ4n) is 2.44. The third-order valence-electron chi connectivity index (χ3n) is 3.86. The van der Waals surface area contributed by atoms with Gasteiger partial charge >= 0.3 is 0 Å². The van der Waals surface area contributed by atoms with Gasteiger partial charge in [0.15, 0.2) is 0 Å². The van der Waals surface area contributed by atoms with Crippen LogP contribution in [0.4, 0.5) is 11.4 Å². The van der Waals surface area contributed by atoms with E-state index < -0.39 is 5.41 Å². The van der Waals surface area contributed by atoms with Gasteiger partial charge in [0.05, 0.1) is 16.8 Å². The van der Waals surface area contributed by atoms with Gasteiger partial charge in [0.2, 0.25) is 5.91 Å². The lowest BCUT2D eigenvalue weighted by Crippen LogP contribution is -2.29. The average molecular weight is 322 g/mol. The van der Waals surface area contributed by atoms with Crippen LogP contribution in [0.3, 0.4) is 0 Å². The molecule has 1 N–H and O–H groups in total. The predicted octanol–water partition coefficient (Wildman–Crippen LogP) is 3.47. The molecule has 5 heteroatoms. The highest BCUT2D eigenvalue weighted by atomic mass is 16.2. The first-order valence-electron chi connectivity index (χ1n) is 7.68. The third kappa shape index (κ3) is 2.69.